The van der Waals surface area contributed by atoms with E-state index in [0.717, 1.165) is 35.4 Å². The summed E-state index contributed by atoms with van der Waals surface area (Å²) in [6, 6.07) is 15.9. The molecule has 0 saturated carbocycles. The van der Waals surface area contributed by atoms with Crippen molar-refractivity contribution >= 4 is 45.9 Å². The smallest absolute Gasteiger partial charge is 0.339 e. The van der Waals surface area contributed by atoms with Gasteiger partial charge < -0.3 is 19.2 Å². The number of furan rings is 1. The zero-order valence-corrected chi connectivity index (χ0v) is 19.8. The van der Waals surface area contributed by atoms with Crippen molar-refractivity contribution in [1.29, 1.82) is 0 Å². The number of rotatable bonds is 5. The summed E-state index contributed by atoms with van der Waals surface area (Å²) in [7, 11) is 0. The average molecular weight is 495 g/mol. The van der Waals surface area contributed by atoms with Gasteiger partial charge in [-0.2, -0.15) is 0 Å². The van der Waals surface area contributed by atoms with Crippen molar-refractivity contribution in [3.8, 4) is 5.75 Å². The van der Waals surface area contributed by atoms with Crippen molar-refractivity contribution < 1.29 is 28.3 Å². The number of pyridine rings is 1. The van der Waals surface area contributed by atoms with E-state index in [9.17, 15) is 14.4 Å². The minimum absolute atomic E-state index is 0.0689. The molecule has 1 aliphatic carbocycles. The van der Waals surface area contributed by atoms with Gasteiger partial charge in [-0.15, -0.1) is 0 Å². The Morgan fingerprint density at radius 2 is 1.97 bits per heavy atom. The molecule has 184 valence electrons. The van der Waals surface area contributed by atoms with Crippen molar-refractivity contribution in [2.75, 3.05) is 18.5 Å². The number of amides is 1. The first-order valence-electron chi connectivity index (χ1n) is 12.0. The van der Waals surface area contributed by atoms with Gasteiger partial charge in [-0.05, 0) is 72.9 Å². The van der Waals surface area contributed by atoms with E-state index in [1.54, 1.807) is 18.4 Å². The Kier molecular flexibility index (Phi) is 5.76. The van der Waals surface area contributed by atoms with E-state index in [-0.39, 0.29) is 18.3 Å². The van der Waals surface area contributed by atoms with Crippen LogP contribution in [-0.4, -0.2) is 35.9 Å². The van der Waals surface area contributed by atoms with Crippen LogP contribution in [0.2, 0.25) is 0 Å². The molecule has 37 heavy (non-hydrogen) atoms. The Morgan fingerprint density at radius 3 is 2.84 bits per heavy atom. The SMILES string of the molecule is O=C1COc2ccc(C(=O)COC(=O)c3c4c(nc5ccccc35)C(=Cc3ccco3)CCC4)cc2N1. The van der Waals surface area contributed by atoms with E-state index in [0.29, 0.717) is 39.9 Å². The number of carbonyl (C=O) groups excluding carboxylic acids is 3. The zero-order valence-electron chi connectivity index (χ0n) is 19.8. The first kappa shape index (κ1) is 22.7. The number of allylic oxidation sites excluding steroid dienone is 1. The fourth-order valence-corrected chi connectivity index (χ4v) is 4.80. The molecule has 2 aliphatic rings. The molecule has 1 aliphatic heterocycles. The number of carbonyl (C=O) groups is 3. The number of esters is 1. The molecule has 3 heterocycles. The molecule has 8 heteroatoms. The van der Waals surface area contributed by atoms with Gasteiger partial charge in [-0.25, -0.2) is 9.78 Å². The predicted molar refractivity (Wildman–Crippen MR) is 136 cm³/mol. The quantitative estimate of drug-likeness (QED) is 0.305. The van der Waals surface area contributed by atoms with Crippen LogP contribution in [0.1, 0.15) is 50.6 Å². The maximum Gasteiger partial charge on any atom is 0.339 e. The second kappa shape index (κ2) is 9.39. The molecule has 2 aromatic carbocycles. The highest BCUT2D eigenvalue weighted by Crippen LogP contribution is 2.36. The van der Waals surface area contributed by atoms with Crippen LogP contribution in [0.25, 0.3) is 22.6 Å². The van der Waals surface area contributed by atoms with Crippen LogP contribution in [0, 0.1) is 0 Å². The van der Waals surface area contributed by atoms with Crippen LogP contribution in [0.5, 0.6) is 5.75 Å². The highest BCUT2D eigenvalue weighted by Gasteiger charge is 2.27. The van der Waals surface area contributed by atoms with Crippen LogP contribution in [-0.2, 0) is 16.0 Å². The summed E-state index contributed by atoms with van der Waals surface area (Å²) in [4.78, 5) is 42.8. The van der Waals surface area contributed by atoms with Crippen molar-refractivity contribution in [3.05, 3.63) is 89.0 Å². The number of fused-ring (bicyclic) bond motifs is 3. The lowest BCUT2D eigenvalue weighted by atomic mass is 9.86. The van der Waals surface area contributed by atoms with Gasteiger partial charge in [-0.1, -0.05) is 18.2 Å². The van der Waals surface area contributed by atoms with Crippen molar-refractivity contribution in [2.24, 2.45) is 0 Å². The molecular weight excluding hydrogens is 472 g/mol. The number of benzene rings is 2. The molecule has 1 amide bonds. The Bertz CT molecular complexity index is 1590. The van der Waals surface area contributed by atoms with Crippen molar-refractivity contribution in [1.82, 2.24) is 4.98 Å². The first-order chi connectivity index (χ1) is 18.1. The topological polar surface area (TPSA) is 108 Å². The molecule has 8 nitrogen and oxygen atoms in total. The van der Waals surface area contributed by atoms with E-state index < -0.39 is 12.6 Å². The molecule has 1 N–H and O–H groups in total. The van der Waals surface area contributed by atoms with Gasteiger partial charge in [0.15, 0.2) is 19.0 Å². The summed E-state index contributed by atoms with van der Waals surface area (Å²) in [6.45, 7) is -0.506. The summed E-state index contributed by atoms with van der Waals surface area (Å²) in [5.74, 6) is -0.0439. The maximum absolute atomic E-state index is 13.4. The lowest BCUT2D eigenvalue weighted by Crippen LogP contribution is -2.25. The monoisotopic (exact) mass is 494 g/mol. The normalized spacial score (nSPS) is 15.5. The molecule has 4 aromatic rings. The van der Waals surface area contributed by atoms with Gasteiger partial charge in [0.2, 0.25) is 0 Å². The second-order valence-electron chi connectivity index (χ2n) is 8.92. The van der Waals surface area contributed by atoms with Crippen LogP contribution >= 0.6 is 0 Å². The average Bonchev–Trinajstić information content (AvgIpc) is 3.43. The number of ether oxygens (including phenoxy) is 2. The predicted octanol–water partition coefficient (Wildman–Crippen LogP) is 5.08. The lowest BCUT2D eigenvalue weighted by molar-refractivity contribution is -0.118. The van der Waals surface area contributed by atoms with Gasteiger partial charge in [0.25, 0.3) is 5.91 Å². The highest BCUT2D eigenvalue weighted by atomic mass is 16.5. The molecular formula is C29H22N2O6. The number of nitrogens with zero attached hydrogens (tertiary/aromatic N) is 1. The molecule has 0 radical (unpaired) electrons. The van der Waals surface area contributed by atoms with Gasteiger partial charge in [0, 0.05) is 10.9 Å². The molecule has 0 spiro atoms. The highest BCUT2D eigenvalue weighted by molar-refractivity contribution is 6.08. The largest absolute Gasteiger partial charge is 0.482 e. The van der Waals surface area contributed by atoms with Crippen LogP contribution in [0.4, 0.5) is 5.69 Å². The van der Waals surface area contributed by atoms with Crippen LogP contribution in [0.3, 0.4) is 0 Å². The number of nitrogens with one attached hydrogen (secondary N) is 1. The van der Waals surface area contributed by atoms with Crippen molar-refractivity contribution in [3.63, 3.8) is 0 Å². The third-order valence-electron chi connectivity index (χ3n) is 6.50. The third-order valence-corrected chi connectivity index (χ3v) is 6.50. The fourth-order valence-electron chi connectivity index (χ4n) is 4.80. The third kappa shape index (κ3) is 4.38. The zero-order chi connectivity index (χ0) is 25.4. The van der Waals surface area contributed by atoms with Gasteiger partial charge in [0.05, 0.1) is 28.7 Å². The summed E-state index contributed by atoms with van der Waals surface area (Å²) in [6.07, 6.45) is 5.90. The minimum atomic E-state index is -0.572. The fraction of sp³-hybridized carbons (Fsp3) is 0.172. The van der Waals surface area contributed by atoms with Crippen LogP contribution < -0.4 is 10.1 Å². The standard InChI is InChI=1S/C29H22N2O6/c32-24(17-10-11-25-23(14-17)30-26(33)16-36-25)15-37-29(34)27-20-7-1-2-9-22(20)31-28-18(5-3-8-21(27)28)13-19-6-4-12-35-19/h1-2,4,6-7,9-14H,3,5,8,15-16H2,(H,30,33). The van der Waals surface area contributed by atoms with Crippen molar-refractivity contribution in [2.45, 2.75) is 19.3 Å². The van der Waals surface area contributed by atoms with E-state index in [4.69, 9.17) is 18.9 Å². The second-order valence-corrected chi connectivity index (χ2v) is 8.92. The lowest BCUT2D eigenvalue weighted by Gasteiger charge is -2.22. The molecule has 0 saturated heterocycles. The number of hydrogen-bond acceptors (Lipinski definition) is 7. The van der Waals surface area contributed by atoms with Gasteiger partial charge in [0.1, 0.15) is 11.5 Å². The Balaban J connectivity index is 1.31. The maximum atomic E-state index is 13.4. The molecule has 0 atom stereocenters. The van der Waals surface area contributed by atoms with E-state index in [1.807, 2.05) is 42.5 Å². The summed E-state index contributed by atoms with van der Waals surface area (Å²) >= 11 is 0. The number of hydrogen-bond donors (Lipinski definition) is 1. The first-order valence-corrected chi connectivity index (χ1v) is 12.0. The minimum Gasteiger partial charge on any atom is -0.482 e. The molecule has 0 bridgehead atoms. The Morgan fingerprint density at radius 1 is 1.08 bits per heavy atom. The Hall–Kier alpha value is -4.72. The number of Topliss-reactive ketones (excluding diaryl/α,β-unsaturated/α-hetero) is 1. The Labute approximate surface area is 211 Å². The number of ketones is 1. The number of anilines is 1. The summed E-state index contributed by atoms with van der Waals surface area (Å²) < 4.78 is 16.4. The van der Waals surface area contributed by atoms with Crippen LogP contribution in [0.15, 0.2) is 65.3 Å². The van der Waals surface area contributed by atoms with Gasteiger partial charge >= 0.3 is 5.97 Å². The molecule has 6 rings (SSSR count). The van der Waals surface area contributed by atoms with Gasteiger partial charge in [-0.3, -0.25) is 9.59 Å². The van der Waals surface area contributed by atoms with E-state index in [2.05, 4.69) is 5.32 Å². The number of para-hydroxylation sites is 1. The summed E-state index contributed by atoms with van der Waals surface area (Å²) in [5, 5.41) is 3.36. The number of aromatic nitrogens is 1. The van der Waals surface area contributed by atoms with E-state index >= 15 is 0 Å². The molecule has 0 fully saturated rings. The summed E-state index contributed by atoms with van der Waals surface area (Å²) in [5.41, 5.74) is 4.40. The van der Waals surface area contributed by atoms with E-state index in [1.165, 1.54) is 6.07 Å². The molecule has 2 aromatic heterocycles. The molecule has 0 unspecified atom stereocenters.